The quantitative estimate of drug-likeness (QED) is 0.897. The van der Waals surface area contributed by atoms with Crippen LogP contribution in [0.25, 0.3) is 0 Å². The molecule has 110 valence electrons. The van der Waals surface area contributed by atoms with E-state index in [4.69, 9.17) is 0 Å². The van der Waals surface area contributed by atoms with E-state index in [9.17, 15) is 9.18 Å². The molecule has 0 saturated carbocycles. The molecule has 1 aliphatic heterocycles. The molecule has 0 spiro atoms. The van der Waals surface area contributed by atoms with Gasteiger partial charge in [0.2, 0.25) is 0 Å². The van der Waals surface area contributed by atoms with Gasteiger partial charge in [0.1, 0.15) is 5.82 Å². The molecule has 1 unspecified atom stereocenters. The molecule has 0 radical (unpaired) electrons. The van der Waals surface area contributed by atoms with Crippen LogP contribution in [0.2, 0.25) is 0 Å². The van der Waals surface area contributed by atoms with E-state index in [2.05, 4.69) is 24.1 Å². The molecule has 1 fully saturated rings. The Kier molecular flexibility index (Phi) is 5.06. The van der Waals surface area contributed by atoms with Crippen molar-refractivity contribution in [2.45, 2.75) is 32.7 Å². The molecule has 0 aromatic carbocycles. The number of hydrogen-bond donors (Lipinski definition) is 1. The number of hydrogen-bond acceptors (Lipinski definition) is 3. The second-order valence-corrected chi connectivity index (χ2v) is 5.79. The summed E-state index contributed by atoms with van der Waals surface area (Å²) in [7, 11) is 0. The van der Waals surface area contributed by atoms with Crippen LogP contribution < -0.4 is 5.32 Å². The van der Waals surface area contributed by atoms with Crippen molar-refractivity contribution in [3.63, 3.8) is 0 Å². The minimum absolute atomic E-state index is 0.139. The van der Waals surface area contributed by atoms with Gasteiger partial charge in [-0.3, -0.25) is 9.78 Å². The smallest absolute Gasteiger partial charge is 0.255 e. The Bertz CT molecular complexity index is 458. The first kappa shape index (κ1) is 14.9. The molecule has 2 heterocycles. The molecule has 1 atom stereocenters. The second-order valence-electron chi connectivity index (χ2n) is 5.79. The van der Waals surface area contributed by atoms with Crippen LogP contribution in [0.1, 0.15) is 37.0 Å². The van der Waals surface area contributed by atoms with E-state index in [0.717, 1.165) is 25.6 Å². The van der Waals surface area contributed by atoms with Crippen LogP contribution in [0, 0.1) is 11.7 Å². The highest BCUT2D eigenvalue weighted by Crippen LogP contribution is 2.12. The maximum atomic E-state index is 13.2. The van der Waals surface area contributed by atoms with E-state index in [0.29, 0.717) is 30.6 Å². The maximum absolute atomic E-state index is 13.2. The van der Waals surface area contributed by atoms with Crippen molar-refractivity contribution in [3.8, 4) is 0 Å². The third-order valence-corrected chi connectivity index (χ3v) is 3.43. The summed E-state index contributed by atoms with van der Waals surface area (Å²) in [6.07, 6.45) is 4.78. The van der Waals surface area contributed by atoms with Crippen LogP contribution in [-0.2, 0) is 0 Å². The Morgan fingerprint density at radius 2 is 2.35 bits per heavy atom. The first-order valence-corrected chi connectivity index (χ1v) is 7.19. The van der Waals surface area contributed by atoms with E-state index < -0.39 is 5.82 Å². The van der Waals surface area contributed by atoms with E-state index >= 15 is 0 Å². The Hall–Kier alpha value is -1.49. The molecule has 1 saturated heterocycles. The molecule has 2 rings (SSSR count). The average Bonchev–Trinajstić information content (AvgIpc) is 2.89. The zero-order chi connectivity index (χ0) is 14.5. The fraction of sp³-hybridized carbons (Fsp3) is 0.600. The number of pyridine rings is 1. The molecule has 5 heteroatoms. The zero-order valence-corrected chi connectivity index (χ0v) is 12.1. The van der Waals surface area contributed by atoms with Gasteiger partial charge in [-0.15, -0.1) is 0 Å². The summed E-state index contributed by atoms with van der Waals surface area (Å²) in [6, 6.07) is 1.60. The van der Waals surface area contributed by atoms with Gasteiger partial charge in [-0.1, -0.05) is 13.8 Å². The predicted octanol–water partition coefficient (Wildman–Crippen LogP) is 2.07. The molecule has 1 aromatic rings. The number of nitrogens with zero attached hydrogens (tertiary/aromatic N) is 2. The van der Waals surface area contributed by atoms with E-state index in [1.807, 2.05) is 4.90 Å². The third kappa shape index (κ3) is 4.00. The lowest BCUT2D eigenvalue weighted by Crippen LogP contribution is -2.42. The van der Waals surface area contributed by atoms with Gasteiger partial charge in [0.05, 0.1) is 11.8 Å². The van der Waals surface area contributed by atoms with E-state index in [1.165, 1.54) is 12.3 Å². The summed E-state index contributed by atoms with van der Waals surface area (Å²) in [5.41, 5.74) is 0.323. The van der Waals surface area contributed by atoms with Gasteiger partial charge in [0.15, 0.2) is 0 Å². The molecule has 0 bridgehead atoms. The molecule has 1 aliphatic rings. The molecule has 1 amide bonds. The minimum atomic E-state index is -0.473. The summed E-state index contributed by atoms with van der Waals surface area (Å²) in [5, 5.41) is 3.39. The van der Waals surface area contributed by atoms with Crippen LogP contribution in [-0.4, -0.2) is 41.5 Å². The molecular weight excluding hydrogens is 257 g/mol. The van der Waals surface area contributed by atoms with Crippen LogP contribution in [0.4, 0.5) is 4.39 Å². The van der Waals surface area contributed by atoms with Gasteiger partial charge in [-0.2, -0.15) is 0 Å². The Morgan fingerprint density at radius 1 is 1.55 bits per heavy atom. The lowest BCUT2D eigenvalue weighted by molar-refractivity contribution is 0.0720. The molecule has 20 heavy (non-hydrogen) atoms. The topological polar surface area (TPSA) is 45.2 Å². The molecule has 1 N–H and O–H groups in total. The predicted molar refractivity (Wildman–Crippen MR) is 76.0 cm³/mol. The van der Waals surface area contributed by atoms with E-state index in [1.54, 1.807) is 0 Å². The lowest BCUT2D eigenvalue weighted by atomic mass is 10.1. The van der Waals surface area contributed by atoms with Crippen LogP contribution in [0.15, 0.2) is 18.5 Å². The Balaban J connectivity index is 2.10. The number of amides is 1. The van der Waals surface area contributed by atoms with Gasteiger partial charge < -0.3 is 10.2 Å². The SMILES string of the molecule is CC(C)CN(CC1CCCN1)C(=O)c1cncc(F)c1. The van der Waals surface area contributed by atoms with Crippen molar-refractivity contribution in [3.05, 3.63) is 29.8 Å². The first-order valence-electron chi connectivity index (χ1n) is 7.19. The molecule has 4 nitrogen and oxygen atoms in total. The molecular formula is C15H22FN3O. The Morgan fingerprint density at radius 3 is 2.95 bits per heavy atom. The lowest BCUT2D eigenvalue weighted by Gasteiger charge is -2.27. The maximum Gasteiger partial charge on any atom is 0.255 e. The standard InChI is InChI=1S/C15H22FN3O/c1-11(2)9-19(10-14-4-3-5-18-14)15(20)12-6-13(16)8-17-7-12/h6-8,11,14,18H,3-5,9-10H2,1-2H3. The zero-order valence-electron chi connectivity index (χ0n) is 12.1. The summed E-state index contributed by atoms with van der Waals surface area (Å²) in [6.45, 7) is 6.51. The number of nitrogens with one attached hydrogen (secondary N) is 1. The van der Waals surface area contributed by atoms with Crippen molar-refractivity contribution in [1.29, 1.82) is 0 Å². The van der Waals surface area contributed by atoms with Gasteiger partial charge in [-0.05, 0) is 31.4 Å². The van der Waals surface area contributed by atoms with Crippen molar-refractivity contribution in [2.24, 2.45) is 5.92 Å². The number of carbonyl (C=O) groups is 1. The monoisotopic (exact) mass is 279 g/mol. The summed E-state index contributed by atoms with van der Waals surface area (Å²) >= 11 is 0. The van der Waals surface area contributed by atoms with Gasteiger partial charge in [0.25, 0.3) is 5.91 Å². The van der Waals surface area contributed by atoms with Crippen LogP contribution in [0.3, 0.4) is 0 Å². The van der Waals surface area contributed by atoms with Crippen LogP contribution in [0.5, 0.6) is 0 Å². The number of rotatable bonds is 5. The second kappa shape index (κ2) is 6.79. The largest absolute Gasteiger partial charge is 0.337 e. The van der Waals surface area contributed by atoms with Crippen molar-refractivity contribution in [2.75, 3.05) is 19.6 Å². The fourth-order valence-corrected chi connectivity index (χ4v) is 2.57. The highest BCUT2D eigenvalue weighted by atomic mass is 19.1. The van der Waals surface area contributed by atoms with Crippen molar-refractivity contribution >= 4 is 5.91 Å². The highest BCUT2D eigenvalue weighted by Gasteiger charge is 2.23. The fourth-order valence-electron chi connectivity index (χ4n) is 2.57. The summed E-state index contributed by atoms with van der Waals surface area (Å²) in [5.74, 6) is -0.236. The normalized spacial score (nSPS) is 18.5. The van der Waals surface area contributed by atoms with Crippen molar-refractivity contribution < 1.29 is 9.18 Å². The molecule has 0 aliphatic carbocycles. The minimum Gasteiger partial charge on any atom is -0.337 e. The summed E-state index contributed by atoms with van der Waals surface area (Å²) < 4.78 is 13.2. The van der Waals surface area contributed by atoms with Gasteiger partial charge >= 0.3 is 0 Å². The van der Waals surface area contributed by atoms with Crippen molar-refractivity contribution in [1.82, 2.24) is 15.2 Å². The third-order valence-electron chi connectivity index (χ3n) is 3.43. The summed E-state index contributed by atoms with van der Waals surface area (Å²) in [4.78, 5) is 18.1. The van der Waals surface area contributed by atoms with Crippen LogP contribution >= 0.6 is 0 Å². The number of halogens is 1. The van der Waals surface area contributed by atoms with Gasteiger partial charge in [-0.25, -0.2) is 4.39 Å². The molecule has 1 aromatic heterocycles. The Labute approximate surface area is 119 Å². The number of aromatic nitrogens is 1. The number of carbonyl (C=O) groups excluding carboxylic acids is 1. The average molecular weight is 279 g/mol. The highest BCUT2D eigenvalue weighted by molar-refractivity contribution is 5.93. The first-order chi connectivity index (χ1) is 9.56. The van der Waals surface area contributed by atoms with Gasteiger partial charge in [0, 0.05) is 25.3 Å². The van der Waals surface area contributed by atoms with E-state index in [-0.39, 0.29) is 5.91 Å².